The third kappa shape index (κ3) is 4.10. The molecule has 1 aromatic carbocycles. The van der Waals surface area contributed by atoms with Crippen molar-refractivity contribution < 1.29 is 4.74 Å². The van der Waals surface area contributed by atoms with Crippen LogP contribution in [0.1, 0.15) is 25.3 Å². The molecule has 0 aromatic heterocycles. The first-order valence-electron chi connectivity index (χ1n) is 5.89. The maximum atomic E-state index is 6.03. The van der Waals surface area contributed by atoms with Crippen molar-refractivity contribution in [3.63, 3.8) is 0 Å². The summed E-state index contributed by atoms with van der Waals surface area (Å²) in [5.74, 6) is 0. The van der Waals surface area contributed by atoms with E-state index in [2.05, 4.69) is 12.2 Å². The molecule has 1 aromatic rings. The highest BCUT2D eigenvalue weighted by molar-refractivity contribution is 6.33. The van der Waals surface area contributed by atoms with Gasteiger partial charge in [-0.05, 0) is 31.0 Å². The molecule has 0 aliphatic rings. The molecular formula is C13H21ClN2O. The molecule has 1 unspecified atom stereocenters. The van der Waals surface area contributed by atoms with Gasteiger partial charge in [-0.3, -0.25) is 0 Å². The van der Waals surface area contributed by atoms with E-state index in [-0.39, 0.29) is 0 Å². The lowest BCUT2D eigenvalue weighted by Crippen LogP contribution is -2.25. The van der Waals surface area contributed by atoms with Gasteiger partial charge in [-0.1, -0.05) is 24.9 Å². The Morgan fingerprint density at radius 1 is 1.47 bits per heavy atom. The van der Waals surface area contributed by atoms with Crippen LogP contribution in [0.4, 0.5) is 11.4 Å². The van der Waals surface area contributed by atoms with E-state index in [0.717, 1.165) is 24.1 Å². The van der Waals surface area contributed by atoms with Crippen LogP contribution in [0.2, 0.25) is 5.02 Å². The second-order valence-electron chi connectivity index (χ2n) is 4.27. The van der Waals surface area contributed by atoms with E-state index in [4.69, 9.17) is 22.1 Å². The number of hydrogen-bond acceptors (Lipinski definition) is 3. The van der Waals surface area contributed by atoms with Gasteiger partial charge in [-0.25, -0.2) is 0 Å². The second kappa shape index (κ2) is 6.72. The summed E-state index contributed by atoms with van der Waals surface area (Å²) < 4.78 is 5.20. The fourth-order valence-corrected chi connectivity index (χ4v) is 1.99. The number of halogens is 1. The van der Waals surface area contributed by atoms with E-state index in [1.165, 1.54) is 0 Å². The fraction of sp³-hybridized carbons (Fsp3) is 0.538. The molecule has 3 N–H and O–H groups in total. The molecule has 1 rings (SSSR count). The number of nitrogens with one attached hydrogen (secondary N) is 1. The maximum Gasteiger partial charge on any atom is 0.0664 e. The van der Waals surface area contributed by atoms with Crippen LogP contribution >= 0.6 is 11.6 Å². The minimum atomic E-state index is 0.309. The molecule has 1 atom stereocenters. The highest BCUT2D eigenvalue weighted by Crippen LogP contribution is 2.27. The molecule has 0 amide bonds. The van der Waals surface area contributed by atoms with Gasteiger partial charge < -0.3 is 15.8 Å². The summed E-state index contributed by atoms with van der Waals surface area (Å²) in [6, 6.07) is 4.08. The molecule has 17 heavy (non-hydrogen) atoms. The van der Waals surface area contributed by atoms with Crippen LogP contribution in [0, 0.1) is 6.92 Å². The van der Waals surface area contributed by atoms with Crippen molar-refractivity contribution >= 4 is 23.0 Å². The van der Waals surface area contributed by atoms with Crippen LogP contribution in [0.15, 0.2) is 12.1 Å². The number of aryl methyl sites for hydroxylation is 1. The number of ether oxygens (including phenoxy) is 1. The number of nitrogens with two attached hydrogens (primary N) is 1. The summed E-state index contributed by atoms with van der Waals surface area (Å²) in [4.78, 5) is 0. The molecule has 0 bridgehead atoms. The third-order valence-corrected chi connectivity index (χ3v) is 3.04. The number of benzene rings is 1. The molecular weight excluding hydrogens is 236 g/mol. The highest BCUT2D eigenvalue weighted by atomic mass is 35.5. The van der Waals surface area contributed by atoms with Crippen molar-refractivity contribution in [3.05, 3.63) is 22.7 Å². The zero-order chi connectivity index (χ0) is 12.8. The smallest absolute Gasteiger partial charge is 0.0664 e. The molecule has 0 fully saturated rings. The predicted octanol–water partition coefficient (Wildman–Crippen LogP) is 3.46. The standard InChI is InChI=1S/C13H21ClN2O/c1-4-5-10(8-17-3)16-13-7-11(14)12(15)6-9(13)2/h6-7,10,16H,4-5,8,15H2,1-3H3. The lowest BCUT2D eigenvalue weighted by atomic mass is 10.1. The summed E-state index contributed by atoms with van der Waals surface area (Å²) in [6.45, 7) is 4.87. The van der Waals surface area contributed by atoms with E-state index in [1.54, 1.807) is 7.11 Å². The first-order chi connectivity index (χ1) is 8.08. The van der Waals surface area contributed by atoms with Crippen LogP contribution < -0.4 is 11.1 Å². The third-order valence-electron chi connectivity index (χ3n) is 2.71. The average molecular weight is 257 g/mol. The Bertz CT molecular complexity index is 363. The predicted molar refractivity (Wildman–Crippen MR) is 74.8 cm³/mol. The highest BCUT2D eigenvalue weighted by Gasteiger charge is 2.10. The van der Waals surface area contributed by atoms with Crippen LogP contribution in [-0.2, 0) is 4.74 Å². The topological polar surface area (TPSA) is 47.3 Å². The molecule has 3 nitrogen and oxygen atoms in total. The zero-order valence-electron chi connectivity index (χ0n) is 10.7. The molecule has 4 heteroatoms. The van der Waals surface area contributed by atoms with Gasteiger partial charge in [0, 0.05) is 18.8 Å². The Balaban J connectivity index is 2.81. The van der Waals surface area contributed by atoms with Crippen LogP contribution in [0.5, 0.6) is 0 Å². The fourth-order valence-electron chi connectivity index (χ4n) is 1.83. The second-order valence-corrected chi connectivity index (χ2v) is 4.68. The lowest BCUT2D eigenvalue weighted by molar-refractivity contribution is 0.182. The van der Waals surface area contributed by atoms with Gasteiger partial charge in [0.1, 0.15) is 0 Å². The summed E-state index contributed by atoms with van der Waals surface area (Å²) in [5, 5.41) is 4.04. The number of nitrogen functional groups attached to an aromatic ring is 1. The van der Waals surface area contributed by atoms with Crippen molar-refractivity contribution in [2.75, 3.05) is 24.8 Å². The Labute approximate surface area is 108 Å². The molecule has 96 valence electrons. The number of anilines is 2. The van der Waals surface area contributed by atoms with Gasteiger partial charge in [0.25, 0.3) is 0 Å². The quantitative estimate of drug-likeness (QED) is 0.767. The van der Waals surface area contributed by atoms with E-state index >= 15 is 0 Å². The van der Waals surface area contributed by atoms with Gasteiger partial charge in [0.2, 0.25) is 0 Å². The van der Waals surface area contributed by atoms with Crippen molar-refractivity contribution in [1.29, 1.82) is 0 Å². The van der Waals surface area contributed by atoms with E-state index in [0.29, 0.717) is 23.4 Å². The van der Waals surface area contributed by atoms with Crippen molar-refractivity contribution in [2.45, 2.75) is 32.7 Å². The normalized spacial score (nSPS) is 12.5. The molecule has 0 heterocycles. The van der Waals surface area contributed by atoms with Gasteiger partial charge in [-0.15, -0.1) is 0 Å². The lowest BCUT2D eigenvalue weighted by Gasteiger charge is -2.20. The Kier molecular flexibility index (Phi) is 5.59. The minimum absolute atomic E-state index is 0.309. The summed E-state index contributed by atoms with van der Waals surface area (Å²) >= 11 is 6.03. The first-order valence-corrected chi connectivity index (χ1v) is 6.27. The summed E-state index contributed by atoms with van der Waals surface area (Å²) in [5.41, 5.74) is 8.50. The molecule has 0 saturated heterocycles. The van der Waals surface area contributed by atoms with Crippen molar-refractivity contribution in [3.8, 4) is 0 Å². The molecule has 0 radical (unpaired) electrons. The number of hydrogen-bond donors (Lipinski definition) is 2. The summed E-state index contributed by atoms with van der Waals surface area (Å²) in [7, 11) is 1.72. The molecule has 0 saturated carbocycles. The number of methoxy groups -OCH3 is 1. The Morgan fingerprint density at radius 3 is 2.76 bits per heavy atom. The van der Waals surface area contributed by atoms with Gasteiger partial charge in [0.15, 0.2) is 0 Å². The first kappa shape index (κ1) is 14.1. The molecule has 0 aliphatic carbocycles. The molecule has 0 aliphatic heterocycles. The summed E-state index contributed by atoms with van der Waals surface area (Å²) in [6.07, 6.45) is 2.18. The Hall–Kier alpha value is -0.930. The van der Waals surface area contributed by atoms with Crippen LogP contribution in [0.3, 0.4) is 0 Å². The van der Waals surface area contributed by atoms with Gasteiger partial charge in [-0.2, -0.15) is 0 Å². The maximum absolute atomic E-state index is 6.03. The van der Waals surface area contributed by atoms with Crippen LogP contribution in [-0.4, -0.2) is 19.8 Å². The van der Waals surface area contributed by atoms with Crippen molar-refractivity contribution in [2.24, 2.45) is 0 Å². The molecule has 0 spiro atoms. The van der Waals surface area contributed by atoms with E-state index < -0.39 is 0 Å². The van der Waals surface area contributed by atoms with Crippen molar-refractivity contribution in [1.82, 2.24) is 0 Å². The number of rotatable bonds is 6. The van der Waals surface area contributed by atoms with Gasteiger partial charge in [0.05, 0.1) is 17.3 Å². The van der Waals surface area contributed by atoms with Gasteiger partial charge >= 0.3 is 0 Å². The SMILES string of the molecule is CCCC(COC)Nc1cc(Cl)c(N)cc1C. The monoisotopic (exact) mass is 256 g/mol. The largest absolute Gasteiger partial charge is 0.398 e. The van der Waals surface area contributed by atoms with E-state index in [1.807, 2.05) is 19.1 Å². The minimum Gasteiger partial charge on any atom is -0.398 e. The Morgan fingerprint density at radius 2 is 2.18 bits per heavy atom. The average Bonchev–Trinajstić information content (AvgIpc) is 2.26. The van der Waals surface area contributed by atoms with Crippen LogP contribution in [0.25, 0.3) is 0 Å². The van der Waals surface area contributed by atoms with E-state index in [9.17, 15) is 0 Å². The zero-order valence-corrected chi connectivity index (χ0v) is 11.5.